The zero-order valence-corrected chi connectivity index (χ0v) is 12.1. The van der Waals surface area contributed by atoms with E-state index < -0.39 is 0 Å². The van der Waals surface area contributed by atoms with Gasteiger partial charge in [0.05, 0.1) is 5.75 Å². The molecule has 0 saturated carbocycles. The summed E-state index contributed by atoms with van der Waals surface area (Å²) in [4.78, 5) is 29.6. The number of H-pyrrole nitrogens is 1. The second kappa shape index (κ2) is 5.98. The molecule has 2 heterocycles. The summed E-state index contributed by atoms with van der Waals surface area (Å²) < 4.78 is 10.4. The van der Waals surface area contributed by atoms with E-state index in [1.165, 1.54) is 6.07 Å². The van der Waals surface area contributed by atoms with Gasteiger partial charge >= 0.3 is 0 Å². The molecule has 9 heteroatoms. The zero-order valence-electron chi connectivity index (χ0n) is 11.3. The average Bonchev–Trinajstić information content (AvgIpc) is 2.92. The first kappa shape index (κ1) is 14.3. The third-order valence-electron chi connectivity index (χ3n) is 2.74. The molecule has 1 aliphatic rings. The number of nitrogens with one attached hydrogen (secondary N) is 2. The number of benzene rings is 1. The van der Waals surface area contributed by atoms with Gasteiger partial charge in [0.1, 0.15) is 5.82 Å². The van der Waals surface area contributed by atoms with Crippen LogP contribution in [0.3, 0.4) is 0 Å². The lowest BCUT2D eigenvalue weighted by atomic mass is 10.3. The van der Waals surface area contributed by atoms with E-state index in [1.807, 2.05) is 0 Å². The van der Waals surface area contributed by atoms with Gasteiger partial charge < -0.3 is 25.5 Å². The van der Waals surface area contributed by atoms with Crippen molar-refractivity contribution in [2.24, 2.45) is 0 Å². The van der Waals surface area contributed by atoms with Crippen molar-refractivity contribution in [2.75, 3.05) is 23.6 Å². The van der Waals surface area contributed by atoms with E-state index in [-0.39, 0.29) is 29.8 Å². The zero-order chi connectivity index (χ0) is 15.5. The first-order valence-corrected chi connectivity index (χ1v) is 7.28. The molecule has 8 nitrogen and oxygen atoms in total. The van der Waals surface area contributed by atoms with Crippen molar-refractivity contribution in [3.8, 4) is 11.5 Å². The Morgan fingerprint density at radius 3 is 3.00 bits per heavy atom. The molecule has 0 aliphatic carbocycles. The second-order valence-corrected chi connectivity index (χ2v) is 5.34. The van der Waals surface area contributed by atoms with Crippen molar-refractivity contribution in [3.63, 3.8) is 0 Å². The number of hydrogen-bond donors (Lipinski definition) is 3. The molecule has 4 N–H and O–H groups in total. The monoisotopic (exact) mass is 320 g/mol. The van der Waals surface area contributed by atoms with Crippen LogP contribution in [0.1, 0.15) is 0 Å². The molecule has 114 valence electrons. The molecule has 1 amide bonds. The second-order valence-electron chi connectivity index (χ2n) is 4.38. The van der Waals surface area contributed by atoms with Gasteiger partial charge in [-0.05, 0) is 12.1 Å². The quantitative estimate of drug-likeness (QED) is 0.563. The maximum atomic E-state index is 11.9. The summed E-state index contributed by atoms with van der Waals surface area (Å²) in [5.74, 6) is 1.19. The molecule has 0 saturated heterocycles. The van der Waals surface area contributed by atoms with Crippen molar-refractivity contribution in [1.82, 2.24) is 9.97 Å². The largest absolute Gasteiger partial charge is 0.454 e. The van der Waals surface area contributed by atoms with E-state index in [1.54, 1.807) is 18.2 Å². The number of ether oxygens (including phenoxy) is 2. The van der Waals surface area contributed by atoms with Crippen molar-refractivity contribution in [2.45, 2.75) is 5.16 Å². The van der Waals surface area contributed by atoms with Crippen LogP contribution in [0.25, 0.3) is 0 Å². The highest BCUT2D eigenvalue weighted by molar-refractivity contribution is 7.99. The number of carbonyl (C=O) groups is 1. The lowest BCUT2D eigenvalue weighted by Gasteiger charge is -2.06. The van der Waals surface area contributed by atoms with Crippen LogP contribution in [0.2, 0.25) is 0 Å². The molecular weight excluding hydrogens is 308 g/mol. The van der Waals surface area contributed by atoms with Crippen LogP contribution in [0.4, 0.5) is 11.5 Å². The molecule has 0 radical (unpaired) electrons. The van der Waals surface area contributed by atoms with E-state index in [4.69, 9.17) is 15.2 Å². The topological polar surface area (TPSA) is 119 Å². The van der Waals surface area contributed by atoms with E-state index in [0.717, 1.165) is 11.8 Å². The number of aromatic amines is 1. The van der Waals surface area contributed by atoms with Gasteiger partial charge in [-0.1, -0.05) is 11.8 Å². The molecule has 0 bridgehead atoms. The molecule has 0 spiro atoms. The third kappa shape index (κ3) is 3.31. The summed E-state index contributed by atoms with van der Waals surface area (Å²) >= 11 is 1.09. The molecular formula is C13H12N4O4S. The smallest absolute Gasteiger partial charge is 0.253 e. The molecule has 22 heavy (non-hydrogen) atoms. The predicted octanol–water partition coefficient (Wildman–Crippen LogP) is 0.812. The number of nitrogen functional groups attached to an aromatic ring is 1. The molecule has 1 aliphatic heterocycles. The fraction of sp³-hybridized carbons (Fsp3) is 0.154. The minimum Gasteiger partial charge on any atom is -0.454 e. The van der Waals surface area contributed by atoms with E-state index in [9.17, 15) is 9.59 Å². The van der Waals surface area contributed by atoms with E-state index >= 15 is 0 Å². The fourth-order valence-corrected chi connectivity index (χ4v) is 2.51. The number of carbonyl (C=O) groups excluding carboxylic acids is 1. The van der Waals surface area contributed by atoms with Crippen LogP contribution in [0, 0.1) is 0 Å². The van der Waals surface area contributed by atoms with Gasteiger partial charge in [-0.3, -0.25) is 9.59 Å². The number of hydrogen-bond acceptors (Lipinski definition) is 7. The van der Waals surface area contributed by atoms with Crippen molar-refractivity contribution >= 4 is 29.2 Å². The molecule has 0 atom stereocenters. The minimum atomic E-state index is -0.355. The van der Waals surface area contributed by atoms with Crippen molar-refractivity contribution in [1.29, 1.82) is 0 Å². The Labute approximate surface area is 129 Å². The van der Waals surface area contributed by atoms with Gasteiger partial charge in [0.2, 0.25) is 12.7 Å². The van der Waals surface area contributed by atoms with Gasteiger partial charge in [-0.2, -0.15) is 0 Å². The molecule has 0 unspecified atom stereocenters. The number of fused-ring (bicyclic) bond motifs is 1. The SMILES string of the molecule is Nc1cc(=O)[nH]c(SCC(=O)Nc2ccc3c(c2)OCO3)n1. The van der Waals surface area contributed by atoms with Gasteiger partial charge in [0.15, 0.2) is 16.7 Å². The Bertz CT molecular complexity index is 777. The summed E-state index contributed by atoms with van der Waals surface area (Å²) in [5.41, 5.74) is 5.72. The van der Waals surface area contributed by atoms with E-state index in [2.05, 4.69) is 15.3 Å². The lowest BCUT2D eigenvalue weighted by molar-refractivity contribution is -0.113. The maximum absolute atomic E-state index is 11.9. The van der Waals surface area contributed by atoms with Crippen LogP contribution in [-0.4, -0.2) is 28.4 Å². The summed E-state index contributed by atoms with van der Waals surface area (Å²) in [6.07, 6.45) is 0. The van der Waals surface area contributed by atoms with Gasteiger partial charge in [0, 0.05) is 17.8 Å². The number of nitrogens with zero attached hydrogens (tertiary/aromatic N) is 1. The maximum Gasteiger partial charge on any atom is 0.253 e. The number of amides is 1. The molecule has 1 aromatic carbocycles. The number of anilines is 2. The van der Waals surface area contributed by atoms with Crippen LogP contribution >= 0.6 is 11.8 Å². The highest BCUT2D eigenvalue weighted by atomic mass is 32.2. The Morgan fingerprint density at radius 2 is 2.18 bits per heavy atom. The lowest BCUT2D eigenvalue weighted by Crippen LogP contribution is -2.15. The number of thioether (sulfide) groups is 1. The highest BCUT2D eigenvalue weighted by Gasteiger charge is 2.14. The summed E-state index contributed by atoms with van der Waals surface area (Å²) in [5, 5.41) is 3.02. The first-order chi connectivity index (χ1) is 10.6. The van der Waals surface area contributed by atoms with Crippen molar-refractivity contribution in [3.05, 3.63) is 34.6 Å². The van der Waals surface area contributed by atoms with Crippen LogP contribution in [0.5, 0.6) is 11.5 Å². The standard InChI is InChI=1S/C13H12N4O4S/c14-10-4-11(18)17-13(16-10)22-5-12(19)15-7-1-2-8-9(3-7)21-6-20-8/h1-4H,5-6H2,(H,15,19)(H3,14,16,17,18). The first-order valence-electron chi connectivity index (χ1n) is 6.29. The molecule has 1 aromatic heterocycles. The molecule has 2 aromatic rings. The third-order valence-corrected chi connectivity index (χ3v) is 3.61. The number of rotatable bonds is 4. The summed E-state index contributed by atoms with van der Waals surface area (Å²) in [6.45, 7) is 0.178. The van der Waals surface area contributed by atoms with Crippen molar-refractivity contribution < 1.29 is 14.3 Å². The normalized spacial score (nSPS) is 12.2. The minimum absolute atomic E-state index is 0.0842. The summed E-state index contributed by atoms with van der Waals surface area (Å²) in [6, 6.07) is 6.31. The van der Waals surface area contributed by atoms with Gasteiger partial charge in [-0.25, -0.2) is 4.98 Å². The molecule has 0 fully saturated rings. The van der Waals surface area contributed by atoms with E-state index in [0.29, 0.717) is 22.3 Å². The van der Waals surface area contributed by atoms with Crippen LogP contribution < -0.4 is 26.1 Å². The van der Waals surface area contributed by atoms with Crippen LogP contribution in [-0.2, 0) is 4.79 Å². The molecule has 3 rings (SSSR count). The van der Waals surface area contributed by atoms with Crippen LogP contribution in [0.15, 0.2) is 34.2 Å². The predicted molar refractivity (Wildman–Crippen MR) is 81.2 cm³/mol. The average molecular weight is 320 g/mol. The fourth-order valence-electron chi connectivity index (χ4n) is 1.83. The van der Waals surface area contributed by atoms with Gasteiger partial charge in [-0.15, -0.1) is 0 Å². The Morgan fingerprint density at radius 1 is 1.36 bits per heavy atom. The van der Waals surface area contributed by atoms with Gasteiger partial charge in [0.25, 0.3) is 5.56 Å². The number of nitrogens with two attached hydrogens (primary N) is 1. The number of aromatic nitrogens is 2. The summed E-state index contributed by atoms with van der Waals surface area (Å²) in [7, 11) is 0. The highest BCUT2D eigenvalue weighted by Crippen LogP contribution is 2.34. The Hall–Kier alpha value is -2.68. The Kier molecular flexibility index (Phi) is 3.88. The Balaban J connectivity index is 1.59.